The Morgan fingerprint density at radius 2 is 1.88 bits per heavy atom. The van der Waals surface area contributed by atoms with Crippen molar-refractivity contribution in [2.24, 2.45) is 5.92 Å². The first-order chi connectivity index (χ1) is 7.70. The lowest BCUT2D eigenvalue weighted by Crippen LogP contribution is -2.30. The van der Waals surface area contributed by atoms with Gasteiger partial charge in [-0.2, -0.15) is 0 Å². The van der Waals surface area contributed by atoms with Crippen LogP contribution in [0.1, 0.15) is 40.0 Å². The van der Waals surface area contributed by atoms with E-state index in [9.17, 15) is 0 Å². The molecule has 98 valence electrons. The van der Waals surface area contributed by atoms with Crippen LogP contribution in [0.4, 0.5) is 0 Å². The molecular weight excluding hydrogens is 202 g/mol. The first kappa shape index (κ1) is 15.9. The first-order valence-corrected chi connectivity index (χ1v) is 6.50. The second-order valence-electron chi connectivity index (χ2n) is 4.63. The Bertz CT molecular complexity index is 140. The minimum atomic E-state index is 0.649. The van der Waals surface area contributed by atoms with Gasteiger partial charge in [0.05, 0.1) is 13.2 Å². The standard InChI is InChI=1S/C13H29NO2/c1-5-14-13(11-12(2)3)7-6-8-16-10-9-15-4/h12-14H,5-11H2,1-4H3. The van der Waals surface area contributed by atoms with Crippen LogP contribution in [0, 0.1) is 5.92 Å². The quantitative estimate of drug-likeness (QED) is 0.554. The second kappa shape index (κ2) is 11.4. The van der Waals surface area contributed by atoms with Crippen LogP contribution >= 0.6 is 0 Å². The van der Waals surface area contributed by atoms with E-state index in [1.165, 1.54) is 12.8 Å². The third kappa shape index (κ3) is 10.4. The Balaban J connectivity index is 3.44. The number of hydrogen-bond donors (Lipinski definition) is 1. The molecule has 16 heavy (non-hydrogen) atoms. The highest BCUT2D eigenvalue weighted by atomic mass is 16.5. The van der Waals surface area contributed by atoms with Crippen molar-refractivity contribution >= 4 is 0 Å². The van der Waals surface area contributed by atoms with E-state index < -0.39 is 0 Å². The molecule has 0 aromatic carbocycles. The maximum atomic E-state index is 5.45. The normalized spacial score (nSPS) is 13.3. The predicted molar refractivity (Wildman–Crippen MR) is 68.8 cm³/mol. The van der Waals surface area contributed by atoms with E-state index in [-0.39, 0.29) is 0 Å². The molecule has 0 saturated heterocycles. The van der Waals surface area contributed by atoms with Gasteiger partial charge in [-0.05, 0) is 31.7 Å². The van der Waals surface area contributed by atoms with Gasteiger partial charge >= 0.3 is 0 Å². The monoisotopic (exact) mass is 231 g/mol. The lowest BCUT2D eigenvalue weighted by atomic mass is 10.00. The van der Waals surface area contributed by atoms with Crippen molar-refractivity contribution in [1.29, 1.82) is 0 Å². The van der Waals surface area contributed by atoms with Crippen LogP contribution in [0.5, 0.6) is 0 Å². The number of ether oxygens (including phenoxy) is 2. The molecule has 0 radical (unpaired) electrons. The summed E-state index contributed by atoms with van der Waals surface area (Å²) in [6, 6.07) is 0.649. The van der Waals surface area contributed by atoms with Gasteiger partial charge in [-0.1, -0.05) is 20.8 Å². The van der Waals surface area contributed by atoms with Crippen LogP contribution in [0.25, 0.3) is 0 Å². The zero-order valence-corrected chi connectivity index (χ0v) is 11.4. The van der Waals surface area contributed by atoms with E-state index >= 15 is 0 Å². The second-order valence-corrected chi connectivity index (χ2v) is 4.63. The highest BCUT2D eigenvalue weighted by molar-refractivity contribution is 4.67. The van der Waals surface area contributed by atoms with Crippen molar-refractivity contribution < 1.29 is 9.47 Å². The van der Waals surface area contributed by atoms with E-state index in [0.29, 0.717) is 19.3 Å². The van der Waals surface area contributed by atoms with Gasteiger partial charge in [0, 0.05) is 19.8 Å². The van der Waals surface area contributed by atoms with E-state index in [2.05, 4.69) is 26.1 Å². The number of methoxy groups -OCH3 is 1. The van der Waals surface area contributed by atoms with Gasteiger partial charge in [-0.25, -0.2) is 0 Å². The summed E-state index contributed by atoms with van der Waals surface area (Å²) >= 11 is 0. The summed E-state index contributed by atoms with van der Waals surface area (Å²) in [5.74, 6) is 0.762. The van der Waals surface area contributed by atoms with Gasteiger partial charge < -0.3 is 14.8 Å². The van der Waals surface area contributed by atoms with Crippen LogP contribution in [0.2, 0.25) is 0 Å². The summed E-state index contributed by atoms with van der Waals surface area (Å²) in [4.78, 5) is 0. The summed E-state index contributed by atoms with van der Waals surface area (Å²) < 4.78 is 10.4. The highest BCUT2D eigenvalue weighted by Crippen LogP contribution is 2.09. The molecule has 1 atom stereocenters. The molecule has 0 bridgehead atoms. The lowest BCUT2D eigenvalue weighted by molar-refractivity contribution is 0.0675. The van der Waals surface area contributed by atoms with Crippen LogP contribution in [-0.2, 0) is 9.47 Å². The minimum Gasteiger partial charge on any atom is -0.382 e. The molecule has 0 aromatic heterocycles. The lowest BCUT2D eigenvalue weighted by Gasteiger charge is -2.19. The van der Waals surface area contributed by atoms with Crippen molar-refractivity contribution in [2.75, 3.05) is 33.5 Å². The topological polar surface area (TPSA) is 30.5 Å². The third-order valence-corrected chi connectivity index (χ3v) is 2.52. The Hall–Kier alpha value is -0.120. The molecule has 3 heteroatoms. The molecule has 0 saturated carbocycles. The van der Waals surface area contributed by atoms with Crippen molar-refractivity contribution in [1.82, 2.24) is 5.32 Å². The van der Waals surface area contributed by atoms with Crippen LogP contribution in [0.15, 0.2) is 0 Å². The summed E-state index contributed by atoms with van der Waals surface area (Å²) in [6.45, 7) is 10.0. The molecule has 0 rings (SSSR count). The van der Waals surface area contributed by atoms with Crippen molar-refractivity contribution in [3.05, 3.63) is 0 Å². The zero-order chi connectivity index (χ0) is 12.2. The van der Waals surface area contributed by atoms with E-state index in [4.69, 9.17) is 9.47 Å². The average Bonchev–Trinajstić information content (AvgIpc) is 2.22. The molecule has 0 amide bonds. The van der Waals surface area contributed by atoms with Crippen molar-refractivity contribution in [2.45, 2.75) is 46.1 Å². The maximum Gasteiger partial charge on any atom is 0.0700 e. The number of hydrogen-bond acceptors (Lipinski definition) is 3. The Kier molecular flexibility index (Phi) is 11.3. The SMILES string of the molecule is CCNC(CCCOCCOC)CC(C)C. The van der Waals surface area contributed by atoms with Crippen LogP contribution < -0.4 is 5.32 Å². The van der Waals surface area contributed by atoms with Crippen LogP contribution in [0.3, 0.4) is 0 Å². The zero-order valence-electron chi connectivity index (χ0n) is 11.4. The molecular formula is C13H29NO2. The fourth-order valence-electron chi connectivity index (χ4n) is 1.84. The van der Waals surface area contributed by atoms with Crippen LogP contribution in [-0.4, -0.2) is 39.5 Å². The molecule has 3 nitrogen and oxygen atoms in total. The molecule has 0 aliphatic carbocycles. The van der Waals surface area contributed by atoms with Gasteiger partial charge in [0.1, 0.15) is 0 Å². The molecule has 0 spiro atoms. The summed E-state index contributed by atoms with van der Waals surface area (Å²) in [6.07, 6.45) is 3.60. The van der Waals surface area contributed by atoms with E-state index in [1.807, 2.05) is 0 Å². The highest BCUT2D eigenvalue weighted by Gasteiger charge is 2.08. The molecule has 0 aliphatic rings. The molecule has 1 unspecified atom stereocenters. The van der Waals surface area contributed by atoms with E-state index in [0.717, 1.165) is 25.5 Å². The fraction of sp³-hybridized carbons (Fsp3) is 1.00. The van der Waals surface area contributed by atoms with Gasteiger partial charge in [0.25, 0.3) is 0 Å². The molecule has 0 heterocycles. The third-order valence-electron chi connectivity index (χ3n) is 2.52. The van der Waals surface area contributed by atoms with Crippen molar-refractivity contribution in [3.8, 4) is 0 Å². The number of nitrogens with one attached hydrogen (secondary N) is 1. The van der Waals surface area contributed by atoms with Crippen molar-refractivity contribution in [3.63, 3.8) is 0 Å². The maximum absolute atomic E-state index is 5.45. The Morgan fingerprint density at radius 1 is 1.12 bits per heavy atom. The minimum absolute atomic E-state index is 0.649. The summed E-state index contributed by atoms with van der Waals surface area (Å²) in [5.41, 5.74) is 0. The molecule has 0 aliphatic heterocycles. The fourth-order valence-corrected chi connectivity index (χ4v) is 1.84. The summed E-state index contributed by atoms with van der Waals surface area (Å²) in [7, 11) is 1.70. The van der Waals surface area contributed by atoms with Gasteiger partial charge in [0.2, 0.25) is 0 Å². The molecule has 0 fully saturated rings. The average molecular weight is 231 g/mol. The molecule has 1 N–H and O–H groups in total. The van der Waals surface area contributed by atoms with Gasteiger partial charge in [-0.15, -0.1) is 0 Å². The Labute approximate surface area is 101 Å². The predicted octanol–water partition coefficient (Wildman–Crippen LogP) is 2.45. The smallest absolute Gasteiger partial charge is 0.0700 e. The molecule has 0 aromatic rings. The van der Waals surface area contributed by atoms with Gasteiger partial charge in [0.15, 0.2) is 0 Å². The summed E-state index contributed by atoms with van der Waals surface area (Å²) in [5, 5.41) is 3.54. The first-order valence-electron chi connectivity index (χ1n) is 6.50. The van der Waals surface area contributed by atoms with Gasteiger partial charge in [-0.3, -0.25) is 0 Å². The van der Waals surface area contributed by atoms with E-state index in [1.54, 1.807) is 7.11 Å². The largest absolute Gasteiger partial charge is 0.382 e. The number of rotatable bonds is 11. The Morgan fingerprint density at radius 3 is 2.44 bits per heavy atom.